The summed E-state index contributed by atoms with van der Waals surface area (Å²) >= 11 is 0. The number of phenols is 1. The van der Waals surface area contributed by atoms with Crippen molar-refractivity contribution in [2.45, 2.75) is 118 Å². The minimum Gasteiger partial charge on any atom is -0.507 e. The first kappa shape index (κ1) is 40.7. The van der Waals surface area contributed by atoms with Crippen LogP contribution in [0.4, 0.5) is 0 Å². The van der Waals surface area contributed by atoms with E-state index in [1.165, 1.54) is 33.4 Å². The van der Waals surface area contributed by atoms with E-state index in [1.54, 1.807) is 6.07 Å². The molecule has 0 bridgehead atoms. The number of para-hydroxylation sites is 2. The SMILES string of the molecule is CC(C)c1cccc(C(C)C)c1-n1c(-c2ccccc2O)nc2c(-c3cc(-c4cc(-c5ccccc5)ccn4)c(C(C)(C)C)cc3C(C)(C)C)cc(C(C)(C)C)cc21. The number of aromatic nitrogens is 3. The Balaban J connectivity index is 1.68. The number of hydrogen-bond acceptors (Lipinski definition) is 3. The molecule has 0 aliphatic heterocycles. The molecule has 4 nitrogen and oxygen atoms in total. The van der Waals surface area contributed by atoms with Crippen LogP contribution in [0.25, 0.3) is 61.6 Å². The van der Waals surface area contributed by atoms with Crippen LogP contribution in [-0.4, -0.2) is 19.6 Å². The van der Waals surface area contributed by atoms with Crippen molar-refractivity contribution in [3.05, 3.63) is 143 Å². The van der Waals surface area contributed by atoms with Crippen LogP contribution in [0.1, 0.15) is 130 Å². The average Bonchev–Trinajstić information content (AvgIpc) is 3.55. The molecule has 0 fully saturated rings. The van der Waals surface area contributed by atoms with Crippen LogP contribution in [0.3, 0.4) is 0 Å². The average molecular weight is 768 g/mol. The number of rotatable bonds is 7. The Hall–Kier alpha value is -5.48. The van der Waals surface area contributed by atoms with E-state index >= 15 is 0 Å². The Bertz CT molecular complexity index is 2600. The van der Waals surface area contributed by atoms with Gasteiger partial charge in [-0.3, -0.25) is 9.55 Å². The van der Waals surface area contributed by atoms with Crippen molar-refractivity contribution in [3.63, 3.8) is 0 Å². The van der Waals surface area contributed by atoms with Gasteiger partial charge in [-0.25, -0.2) is 4.98 Å². The predicted octanol–water partition coefficient (Wildman–Crippen LogP) is 14.9. The molecule has 1 N–H and O–H groups in total. The molecule has 0 aliphatic rings. The summed E-state index contributed by atoms with van der Waals surface area (Å²) in [5.41, 5.74) is 16.1. The van der Waals surface area contributed by atoms with Gasteiger partial charge in [-0.1, -0.05) is 157 Å². The van der Waals surface area contributed by atoms with Crippen LogP contribution in [0.5, 0.6) is 5.75 Å². The zero-order valence-corrected chi connectivity index (χ0v) is 36.9. The first-order chi connectivity index (χ1) is 27.3. The summed E-state index contributed by atoms with van der Waals surface area (Å²) in [7, 11) is 0. The molecule has 7 rings (SSSR count). The minimum atomic E-state index is -0.199. The first-order valence-electron chi connectivity index (χ1n) is 21.0. The number of phenolic OH excluding ortho intramolecular Hbond substituents is 1. The molecule has 0 radical (unpaired) electrons. The van der Waals surface area contributed by atoms with Crippen LogP contribution in [0, 0.1) is 0 Å². The molecule has 0 aliphatic carbocycles. The number of nitrogens with zero attached hydrogens (tertiary/aromatic N) is 3. The van der Waals surface area contributed by atoms with E-state index in [-0.39, 0.29) is 33.8 Å². The largest absolute Gasteiger partial charge is 0.507 e. The summed E-state index contributed by atoms with van der Waals surface area (Å²) in [6.45, 7) is 29.8. The number of hydrogen-bond donors (Lipinski definition) is 1. The van der Waals surface area contributed by atoms with Gasteiger partial charge in [-0.2, -0.15) is 0 Å². The van der Waals surface area contributed by atoms with E-state index < -0.39 is 0 Å². The summed E-state index contributed by atoms with van der Waals surface area (Å²) in [4.78, 5) is 10.7. The van der Waals surface area contributed by atoms with Crippen molar-refractivity contribution in [2.75, 3.05) is 0 Å². The normalized spacial score (nSPS) is 12.6. The molecular weight excluding hydrogens is 707 g/mol. The zero-order valence-electron chi connectivity index (χ0n) is 36.9. The number of aromatic hydroxyl groups is 1. The van der Waals surface area contributed by atoms with Crippen LogP contribution in [0.15, 0.2) is 115 Å². The molecule has 0 unspecified atom stereocenters. The molecule has 0 saturated carbocycles. The van der Waals surface area contributed by atoms with E-state index in [0.717, 1.165) is 50.5 Å². The van der Waals surface area contributed by atoms with Gasteiger partial charge in [0.2, 0.25) is 0 Å². The molecule has 0 amide bonds. The third-order valence-electron chi connectivity index (χ3n) is 11.5. The smallest absolute Gasteiger partial charge is 0.149 e. The van der Waals surface area contributed by atoms with Crippen LogP contribution < -0.4 is 0 Å². The van der Waals surface area contributed by atoms with Gasteiger partial charge in [0.05, 0.1) is 28.0 Å². The Kier molecular flexibility index (Phi) is 10.6. The molecule has 2 heterocycles. The van der Waals surface area contributed by atoms with Gasteiger partial charge in [-0.15, -0.1) is 0 Å². The van der Waals surface area contributed by atoms with Gasteiger partial charge in [0, 0.05) is 17.3 Å². The molecule has 298 valence electrons. The van der Waals surface area contributed by atoms with Gasteiger partial charge >= 0.3 is 0 Å². The van der Waals surface area contributed by atoms with Crippen molar-refractivity contribution < 1.29 is 5.11 Å². The van der Waals surface area contributed by atoms with Crippen molar-refractivity contribution in [2.24, 2.45) is 0 Å². The third kappa shape index (κ3) is 7.62. The second-order valence-electron chi connectivity index (χ2n) is 19.8. The number of imidazole rings is 1. The molecule has 58 heavy (non-hydrogen) atoms. The molecule has 0 spiro atoms. The maximum Gasteiger partial charge on any atom is 0.149 e. The van der Waals surface area contributed by atoms with Gasteiger partial charge in [0.15, 0.2) is 0 Å². The van der Waals surface area contributed by atoms with E-state index in [2.05, 4.69) is 180 Å². The van der Waals surface area contributed by atoms with Gasteiger partial charge in [0.25, 0.3) is 0 Å². The lowest BCUT2D eigenvalue weighted by molar-refractivity contribution is 0.477. The van der Waals surface area contributed by atoms with Crippen molar-refractivity contribution in [1.29, 1.82) is 0 Å². The summed E-state index contributed by atoms with van der Waals surface area (Å²) in [6, 6.07) is 38.8. The van der Waals surface area contributed by atoms with Gasteiger partial charge in [0.1, 0.15) is 11.6 Å². The fraction of sp³-hybridized carbons (Fsp3) is 0.333. The summed E-state index contributed by atoms with van der Waals surface area (Å²) in [5.74, 6) is 1.46. The Labute approximate surface area is 347 Å². The minimum absolute atomic E-state index is 0.158. The molecule has 4 heteroatoms. The van der Waals surface area contributed by atoms with E-state index in [9.17, 15) is 5.11 Å². The van der Waals surface area contributed by atoms with Gasteiger partial charge in [-0.05, 0) is 115 Å². The Morgan fingerprint density at radius 2 is 1.14 bits per heavy atom. The lowest BCUT2D eigenvalue weighted by atomic mass is 9.74. The fourth-order valence-corrected chi connectivity index (χ4v) is 8.32. The van der Waals surface area contributed by atoms with Crippen molar-refractivity contribution in [1.82, 2.24) is 14.5 Å². The Morgan fingerprint density at radius 1 is 0.534 bits per heavy atom. The molecule has 0 saturated heterocycles. The molecule has 0 atom stereocenters. The topological polar surface area (TPSA) is 50.9 Å². The monoisotopic (exact) mass is 767 g/mol. The molecule has 7 aromatic rings. The van der Waals surface area contributed by atoms with Crippen molar-refractivity contribution in [3.8, 4) is 56.3 Å². The van der Waals surface area contributed by atoms with Gasteiger partial charge < -0.3 is 5.11 Å². The maximum absolute atomic E-state index is 11.6. The molecule has 5 aromatic carbocycles. The highest BCUT2D eigenvalue weighted by atomic mass is 16.3. The maximum atomic E-state index is 11.6. The number of fused-ring (bicyclic) bond motifs is 1. The highest BCUT2D eigenvalue weighted by Gasteiger charge is 2.31. The standard InChI is InChI=1S/C54H61N3O/c1-33(2)38-23-19-24-39(34(3)4)50(38)57-47-30-37(52(5,6)7)29-42(49(47)56-51(57)40-22-17-18-25-48(40)58)41-31-43(45(54(11,12)13)32-44(41)53(8,9)10)46-28-36(26-27-55-46)35-20-15-14-16-21-35/h14-34,58H,1-13H3. The lowest BCUT2D eigenvalue weighted by Gasteiger charge is -2.31. The number of benzene rings is 5. The first-order valence-corrected chi connectivity index (χ1v) is 21.0. The molecular formula is C54H61N3O. The summed E-state index contributed by atoms with van der Waals surface area (Å²) in [5, 5.41) is 11.6. The zero-order chi connectivity index (χ0) is 41.9. The number of pyridine rings is 1. The predicted molar refractivity (Wildman–Crippen MR) is 247 cm³/mol. The Morgan fingerprint density at radius 3 is 1.72 bits per heavy atom. The summed E-state index contributed by atoms with van der Waals surface area (Å²) < 4.78 is 2.36. The second-order valence-corrected chi connectivity index (χ2v) is 19.8. The van der Waals surface area contributed by atoms with E-state index in [0.29, 0.717) is 5.56 Å². The fourth-order valence-electron chi connectivity index (χ4n) is 8.32. The van der Waals surface area contributed by atoms with Crippen LogP contribution in [0.2, 0.25) is 0 Å². The van der Waals surface area contributed by atoms with E-state index in [4.69, 9.17) is 9.97 Å². The molecule has 2 aromatic heterocycles. The lowest BCUT2D eigenvalue weighted by Crippen LogP contribution is -2.19. The summed E-state index contributed by atoms with van der Waals surface area (Å²) in [6.07, 6.45) is 1.94. The third-order valence-corrected chi connectivity index (χ3v) is 11.5. The highest BCUT2D eigenvalue weighted by molar-refractivity contribution is 5.99. The van der Waals surface area contributed by atoms with E-state index in [1.807, 2.05) is 24.4 Å². The van der Waals surface area contributed by atoms with Crippen molar-refractivity contribution >= 4 is 11.0 Å². The quantitative estimate of drug-likeness (QED) is 0.176. The highest BCUT2D eigenvalue weighted by Crippen LogP contribution is 2.47. The van der Waals surface area contributed by atoms with Crippen LogP contribution >= 0.6 is 0 Å². The van der Waals surface area contributed by atoms with Crippen LogP contribution in [-0.2, 0) is 16.2 Å². The second kappa shape index (κ2) is 15.0.